The molecule has 0 amide bonds. The molecule has 3 aromatic rings. The maximum absolute atomic E-state index is 12.0. The van der Waals surface area contributed by atoms with E-state index in [4.69, 9.17) is 16.3 Å². The van der Waals surface area contributed by atoms with Crippen LogP contribution in [0.1, 0.15) is 22.6 Å². The molecule has 6 nitrogen and oxygen atoms in total. The number of benzene rings is 2. The molecule has 7 heteroatoms. The van der Waals surface area contributed by atoms with Crippen LogP contribution in [0.3, 0.4) is 0 Å². The summed E-state index contributed by atoms with van der Waals surface area (Å²) >= 11 is 5.76. The molecule has 0 spiro atoms. The van der Waals surface area contributed by atoms with Crippen LogP contribution in [0, 0.1) is 0 Å². The third-order valence-corrected chi connectivity index (χ3v) is 4.01. The van der Waals surface area contributed by atoms with Crippen LogP contribution in [0.15, 0.2) is 53.3 Å². The molecule has 132 valence electrons. The Labute approximate surface area is 153 Å². The minimum atomic E-state index is -0.539. The number of nitrogens with one attached hydrogen (secondary N) is 1. The topological polar surface area (TPSA) is 89.1 Å². The largest absolute Gasteiger partial charge is 0.457 e. The Kier molecular flexibility index (Phi) is 5.43. The Morgan fingerprint density at radius 3 is 2.58 bits per heavy atom. The number of carbonyl (C=O) groups excluding carboxylic acids is 2. The highest BCUT2D eigenvalue weighted by Gasteiger charge is 2.11. The maximum Gasteiger partial charge on any atom is 0.306 e. The lowest BCUT2D eigenvalue weighted by Gasteiger charge is -2.05. The van der Waals surface area contributed by atoms with Crippen molar-refractivity contribution in [3.8, 4) is 0 Å². The van der Waals surface area contributed by atoms with Gasteiger partial charge in [-0.25, -0.2) is 4.98 Å². The molecule has 0 unspecified atom stereocenters. The Balaban J connectivity index is 1.55. The first-order chi connectivity index (χ1) is 12.5. The fraction of sp³-hybridized carbons (Fsp3) is 0.158. The zero-order chi connectivity index (χ0) is 18.5. The van der Waals surface area contributed by atoms with E-state index in [0.717, 1.165) is 0 Å². The van der Waals surface area contributed by atoms with Crippen LogP contribution in [0.2, 0.25) is 5.02 Å². The number of aromatic nitrogens is 2. The molecular formula is C19H15ClN2O4. The first-order valence-corrected chi connectivity index (χ1v) is 8.33. The van der Waals surface area contributed by atoms with Crippen molar-refractivity contribution in [3.63, 3.8) is 0 Å². The van der Waals surface area contributed by atoms with E-state index in [0.29, 0.717) is 27.3 Å². The van der Waals surface area contributed by atoms with Crippen molar-refractivity contribution in [1.82, 2.24) is 9.97 Å². The fourth-order valence-corrected chi connectivity index (χ4v) is 2.54. The van der Waals surface area contributed by atoms with Crippen molar-refractivity contribution < 1.29 is 14.3 Å². The van der Waals surface area contributed by atoms with Crippen LogP contribution in [-0.2, 0) is 16.0 Å². The summed E-state index contributed by atoms with van der Waals surface area (Å²) in [6.45, 7) is -0.345. The Morgan fingerprint density at radius 2 is 1.81 bits per heavy atom. The molecule has 0 radical (unpaired) electrons. The van der Waals surface area contributed by atoms with Crippen molar-refractivity contribution in [1.29, 1.82) is 0 Å². The van der Waals surface area contributed by atoms with Crippen LogP contribution in [0.5, 0.6) is 0 Å². The van der Waals surface area contributed by atoms with Gasteiger partial charge < -0.3 is 9.72 Å². The summed E-state index contributed by atoms with van der Waals surface area (Å²) < 4.78 is 4.99. The average molecular weight is 371 g/mol. The molecule has 1 aromatic heterocycles. The molecule has 0 atom stereocenters. The third-order valence-electron chi connectivity index (χ3n) is 3.76. The van der Waals surface area contributed by atoms with E-state index in [2.05, 4.69) is 9.97 Å². The first kappa shape index (κ1) is 17.8. The van der Waals surface area contributed by atoms with Gasteiger partial charge in [-0.2, -0.15) is 0 Å². The summed E-state index contributed by atoms with van der Waals surface area (Å²) in [5.74, 6) is -0.454. The second-order valence-corrected chi connectivity index (χ2v) is 6.06. The summed E-state index contributed by atoms with van der Waals surface area (Å²) in [7, 11) is 0. The molecule has 2 aromatic carbocycles. The summed E-state index contributed by atoms with van der Waals surface area (Å²) in [6, 6.07) is 13.3. The zero-order valence-corrected chi connectivity index (χ0v) is 14.5. The second kappa shape index (κ2) is 7.93. The number of hydrogen-bond donors (Lipinski definition) is 1. The molecule has 0 aliphatic rings. The summed E-state index contributed by atoms with van der Waals surface area (Å²) in [4.78, 5) is 42.7. The minimum Gasteiger partial charge on any atom is -0.457 e. The number of aromatic amines is 1. The third kappa shape index (κ3) is 4.34. The molecule has 0 saturated heterocycles. The van der Waals surface area contributed by atoms with E-state index < -0.39 is 5.97 Å². The van der Waals surface area contributed by atoms with Crippen molar-refractivity contribution in [3.05, 3.63) is 75.3 Å². The van der Waals surface area contributed by atoms with E-state index in [1.807, 2.05) is 0 Å². The lowest BCUT2D eigenvalue weighted by molar-refractivity contribution is -0.142. The highest BCUT2D eigenvalue weighted by molar-refractivity contribution is 6.30. The lowest BCUT2D eigenvalue weighted by atomic mass is 10.1. The summed E-state index contributed by atoms with van der Waals surface area (Å²) in [5.41, 5.74) is 0.733. The number of esters is 1. The standard InChI is InChI=1S/C19H15ClN2O4/c20-13-7-5-12(6-8-13)16(23)11-26-18(24)10-9-17-21-15-4-2-1-3-14(15)19(25)22-17/h1-8H,9-11H2,(H,21,22,25). The Hall–Kier alpha value is -2.99. The number of para-hydroxylation sites is 1. The smallest absolute Gasteiger partial charge is 0.306 e. The molecule has 1 N–H and O–H groups in total. The number of carbonyl (C=O) groups is 2. The fourth-order valence-electron chi connectivity index (χ4n) is 2.41. The van der Waals surface area contributed by atoms with Crippen LogP contribution < -0.4 is 5.56 Å². The van der Waals surface area contributed by atoms with Gasteiger partial charge in [0, 0.05) is 17.0 Å². The van der Waals surface area contributed by atoms with Gasteiger partial charge in [-0.05, 0) is 36.4 Å². The quantitative estimate of drug-likeness (QED) is 0.532. The summed E-state index contributed by atoms with van der Waals surface area (Å²) in [5, 5.41) is 1.02. The van der Waals surface area contributed by atoms with E-state index in [9.17, 15) is 14.4 Å². The van der Waals surface area contributed by atoms with Gasteiger partial charge in [0.25, 0.3) is 5.56 Å². The lowest BCUT2D eigenvalue weighted by Crippen LogP contribution is -2.16. The number of fused-ring (bicyclic) bond motifs is 1. The zero-order valence-electron chi connectivity index (χ0n) is 13.7. The van der Waals surface area contributed by atoms with Crippen molar-refractivity contribution in [2.45, 2.75) is 12.8 Å². The van der Waals surface area contributed by atoms with Gasteiger partial charge in [0.15, 0.2) is 12.4 Å². The number of ether oxygens (including phenoxy) is 1. The van der Waals surface area contributed by atoms with Gasteiger partial charge in [0.05, 0.1) is 17.3 Å². The Bertz CT molecular complexity index is 1010. The number of nitrogens with zero attached hydrogens (tertiary/aromatic N) is 1. The molecule has 0 aliphatic carbocycles. The predicted molar refractivity (Wildman–Crippen MR) is 97.4 cm³/mol. The number of ketones is 1. The SMILES string of the molecule is O=C(CCc1nc2ccccc2c(=O)[nH]1)OCC(=O)c1ccc(Cl)cc1. The normalized spacial score (nSPS) is 10.7. The number of aryl methyl sites for hydroxylation is 1. The second-order valence-electron chi connectivity index (χ2n) is 5.62. The first-order valence-electron chi connectivity index (χ1n) is 7.95. The molecule has 0 bridgehead atoms. The number of Topliss-reactive ketones (excluding diaryl/α,β-unsaturated/α-hetero) is 1. The number of rotatable bonds is 6. The molecule has 0 aliphatic heterocycles. The molecule has 0 fully saturated rings. The van der Waals surface area contributed by atoms with E-state index in [1.54, 1.807) is 48.5 Å². The highest BCUT2D eigenvalue weighted by Crippen LogP contribution is 2.10. The van der Waals surface area contributed by atoms with Gasteiger partial charge in [-0.15, -0.1) is 0 Å². The molecular weight excluding hydrogens is 356 g/mol. The Morgan fingerprint density at radius 1 is 1.08 bits per heavy atom. The number of hydrogen-bond acceptors (Lipinski definition) is 5. The molecule has 26 heavy (non-hydrogen) atoms. The average Bonchev–Trinajstić information content (AvgIpc) is 2.65. The van der Waals surface area contributed by atoms with E-state index in [1.165, 1.54) is 0 Å². The molecule has 0 saturated carbocycles. The molecule has 1 heterocycles. The minimum absolute atomic E-state index is 0.00911. The van der Waals surface area contributed by atoms with Gasteiger partial charge in [-0.1, -0.05) is 23.7 Å². The van der Waals surface area contributed by atoms with Crippen molar-refractivity contribution >= 4 is 34.3 Å². The number of halogens is 1. The van der Waals surface area contributed by atoms with Crippen molar-refractivity contribution in [2.24, 2.45) is 0 Å². The predicted octanol–water partition coefficient (Wildman–Crippen LogP) is 2.94. The number of H-pyrrole nitrogens is 1. The van der Waals surface area contributed by atoms with Crippen molar-refractivity contribution in [2.75, 3.05) is 6.61 Å². The van der Waals surface area contributed by atoms with Crippen LogP contribution in [0.4, 0.5) is 0 Å². The maximum atomic E-state index is 12.0. The van der Waals surface area contributed by atoms with Gasteiger partial charge in [0.1, 0.15) is 5.82 Å². The highest BCUT2D eigenvalue weighted by atomic mass is 35.5. The monoisotopic (exact) mass is 370 g/mol. The van der Waals surface area contributed by atoms with Gasteiger partial charge >= 0.3 is 5.97 Å². The van der Waals surface area contributed by atoms with Crippen LogP contribution in [-0.4, -0.2) is 28.3 Å². The van der Waals surface area contributed by atoms with Crippen LogP contribution >= 0.6 is 11.6 Å². The molecule has 3 rings (SSSR count). The van der Waals surface area contributed by atoms with E-state index >= 15 is 0 Å². The van der Waals surface area contributed by atoms with E-state index in [-0.39, 0.29) is 30.8 Å². The van der Waals surface area contributed by atoms with Gasteiger partial charge in [-0.3, -0.25) is 14.4 Å². The summed E-state index contributed by atoms with van der Waals surface area (Å²) in [6.07, 6.45) is 0.225. The van der Waals surface area contributed by atoms with Gasteiger partial charge in [0.2, 0.25) is 0 Å². The van der Waals surface area contributed by atoms with Crippen LogP contribution in [0.25, 0.3) is 10.9 Å².